The summed E-state index contributed by atoms with van der Waals surface area (Å²) in [6.07, 6.45) is 4.37. The maximum atomic E-state index is 12.5. The molecule has 126 valence electrons. The van der Waals surface area contributed by atoms with E-state index in [2.05, 4.69) is 20.3 Å². The van der Waals surface area contributed by atoms with Crippen molar-refractivity contribution in [1.29, 1.82) is 0 Å². The maximum absolute atomic E-state index is 12.5. The van der Waals surface area contributed by atoms with E-state index in [9.17, 15) is 8.42 Å². The van der Waals surface area contributed by atoms with Gasteiger partial charge in [0.25, 0.3) is 0 Å². The summed E-state index contributed by atoms with van der Waals surface area (Å²) in [4.78, 5) is 3.38. The van der Waals surface area contributed by atoms with Crippen LogP contribution in [0.3, 0.4) is 0 Å². The van der Waals surface area contributed by atoms with Gasteiger partial charge in [-0.1, -0.05) is 0 Å². The first-order valence-electron chi connectivity index (χ1n) is 7.89. The molecule has 23 heavy (non-hydrogen) atoms. The summed E-state index contributed by atoms with van der Waals surface area (Å²) in [6, 6.07) is 7.68. The lowest BCUT2D eigenvalue weighted by Gasteiger charge is -2.28. The van der Waals surface area contributed by atoms with Gasteiger partial charge in [-0.25, -0.2) is 13.1 Å². The number of nitrogens with zero attached hydrogens (tertiary/aromatic N) is 2. The van der Waals surface area contributed by atoms with Crippen LogP contribution >= 0.6 is 11.3 Å². The molecule has 2 aromatic heterocycles. The lowest BCUT2D eigenvalue weighted by Crippen LogP contribution is -2.37. The third-order valence-corrected chi connectivity index (χ3v) is 7.27. The van der Waals surface area contributed by atoms with Crippen LogP contribution in [0.1, 0.15) is 29.5 Å². The first-order valence-corrected chi connectivity index (χ1v) is 10.2. The van der Waals surface area contributed by atoms with E-state index >= 15 is 0 Å². The lowest BCUT2D eigenvalue weighted by molar-refractivity contribution is 0.238. The maximum Gasteiger partial charge on any atom is 0.250 e. The number of aromatic nitrogens is 1. The minimum Gasteiger partial charge on any atom is -0.353 e. The number of hydrogen-bond acceptors (Lipinski definition) is 4. The minimum atomic E-state index is -3.44. The van der Waals surface area contributed by atoms with Gasteiger partial charge in [-0.3, -0.25) is 4.90 Å². The van der Waals surface area contributed by atoms with Gasteiger partial charge in [0.15, 0.2) is 0 Å². The molecule has 1 saturated heterocycles. The molecule has 1 aliphatic heterocycles. The molecule has 0 aromatic carbocycles. The Bertz CT molecular complexity index is 758. The van der Waals surface area contributed by atoms with Gasteiger partial charge in [-0.05, 0) is 57.1 Å². The normalized spacial score (nSPS) is 17.7. The fourth-order valence-electron chi connectivity index (χ4n) is 3.11. The second kappa shape index (κ2) is 6.76. The molecule has 0 aliphatic carbocycles. The zero-order valence-electron chi connectivity index (χ0n) is 13.5. The summed E-state index contributed by atoms with van der Waals surface area (Å²) < 4.78 is 30.3. The van der Waals surface area contributed by atoms with Gasteiger partial charge in [-0.2, -0.15) is 0 Å². The van der Waals surface area contributed by atoms with Crippen molar-refractivity contribution in [2.45, 2.75) is 30.0 Å². The minimum absolute atomic E-state index is 0.0772. The Kier molecular flexibility index (Phi) is 4.91. The Morgan fingerprint density at radius 2 is 2.00 bits per heavy atom. The van der Waals surface area contributed by atoms with Crippen LogP contribution in [0.5, 0.6) is 0 Å². The van der Waals surface area contributed by atoms with E-state index in [0.29, 0.717) is 10.8 Å². The third-order valence-electron chi connectivity index (χ3n) is 4.35. The molecule has 0 spiro atoms. The van der Waals surface area contributed by atoms with Crippen LogP contribution in [0.2, 0.25) is 0 Å². The molecule has 0 saturated carbocycles. The summed E-state index contributed by atoms with van der Waals surface area (Å²) in [5.74, 6) is 0. The van der Waals surface area contributed by atoms with Crippen LogP contribution < -0.4 is 4.72 Å². The SMILES string of the molecule is Cc1ccc(S(=O)(=O)NCC(c2cccn2C)N2CCCC2)s1. The van der Waals surface area contributed by atoms with Crippen LogP contribution in [0.25, 0.3) is 0 Å². The predicted octanol–water partition coefficient (Wildman–Crippen LogP) is 2.51. The highest BCUT2D eigenvalue weighted by Gasteiger charge is 2.27. The van der Waals surface area contributed by atoms with Crippen molar-refractivity contribution in [1.82, 2.24) is 14.2 Å². The summed E-state index contributed by atoms with van der Waals surface area (Å²) in [7, 11) is -1.43. The standard InChI is InChI=1S/C16H23N3O2S2/c1-13-7-8-16(22-13)23(20,21)17-12-15(19-10-3-4-11-19)14-6-5-9-18(14)2/h5-9,15,17H,3-4,10-12H2,1-2H3. The number of aryl methyl sites for hydroxylation is 2. The summed E-state index contributed by atoms with van der Waals surface area (Å²) in [5, 5.41) is 0. The molecule has 3 heterocycles. The summed E-state index contributed by atoms with van der Waals surface area (Å²) in [6.45, 7) is 4.36. The quantitative estimate of drug-likeness (QED) is 0.868. The van der Waals surface area contributed by atoms with E-state index in [1.54, 1.807) is 6.07 Å². The van der Waals surface area contributed by atoms with Crippen LogP contribution in [0.4, 0.5) is 0 Å². The average Bonchev–Trinajstić information content (AvgIpc) is 3.22. The molecule has 5 nitrogen and oxygen atoms in total. The van der Waals surface area contributed by atoms with E-state index < -0.39 is 10.0 Å². The van der Waals surface area contributed by atoms with Crippen molar-refractivity contribution >= 4 is 21.4 Å². The molecule has 1 N–H and O–H groups in total. The molecular formula is C16H23N3O2S2. The highest BCUT2D eigenvalue weighted by atomic mass is 32.2. The van der Waals surface area contributed by atoms with Crippen LogP contribution in [0, 0.1) is 6.92 Å². The van der Waals surface area contributed by atoms with E-state index in [1.165, 1.54) is 24.2 Å². The highest BCUT2D eigenvalue weighted by molar-refractivity contribution is 7.91. The number of nitrogens with one attached hydrogen (secondary N) is 1. The first-order chi connectivity index (χ1) is 11.0. The Hall–Kier alpha value is -1.15. The third kappa shape index (κ3) is 3.68. The number of rotatable bonds is 6. The number of likely N-dealkylation sites (tertiary alicyclic amines) is 1. The smallest absolute Gasteiger partial charge is 0.250 e. The van der Waals surface area contributed by atoms with E-state index in [-0.39, 0.29) is 6.04 Å². The van der Waals surface area contributed by atoms with Gasteiger partial charge in [0, 0.05) is 30.4 Å². The topological polar surface area (TPSA) is 54.3 Å². The largest absolute Gasteiger partial charge is 0.353 e. The molecule has 7 heteroatoms. The molecule has 1 unspecified atom stereocenters. The number of sulfonamides is 1. The highest BCUT2D eigenvalue weighted by Crippen LogP contribution is 2.26. The van der Waals surface area contributed by atoms with Crippen molar-refractivity contribution in [2.24, 2.45) is 7.05 Å². The van der Waals surface area contributed by atoms with Crippen molar-refractivity contribution < 1.29 is 8.42 Å². The predicted molar refractivity (Wildman–Crippen MR) is 93.2 cm³/mol. The van der Waals surface area contributed by atoms with Crippen molar-refractivity contribution in [3.8, 4) is 0 Å². The Balaban J connectivity index is 1.78. The van der Waals surface area contributed by atoms with Gasteiger partial charge in [-0.15, -0.1) is 11.3 Å². The Morgan fingerprint density at radius 3 is 2.57 bits per heavy atom. The van der Waals surface area contributed by atoms with Gasteiger partial charge in [0.1, 0.15) is 4.21 Å². The van der Waals surface area contributed by atoms with Gasteiger partial charge in [0.05, 0.1) is 6.04 Å². The molecule has 0 bridgehead atoms. The summed E-state index contributed by atoms with van der Waals surface area (Å²) >= 11 is 1.31. The van der Waals surface area contributed by atoms with Crippen molar-refractivity contribution in [3.63, 3.8) is 0 Å². The number of thiophene rings is 1. The van der Waals surface area contributed by atoms with Gasteiger partial charge < -0.3 is 4.57 Å². The molecule has 3 rings (SSSR count). The zero-order valence-corrected chi connectivity index (χ0v) is 15.2. The first kappa shape index (κ1) is 16.7. The Morgan fingerprint density at radius 1 is 1.26 bits per heavy atom. The van der Waals surface area contributed by atoms with Crippen molar-refractivity contribution in [3.05, 3.63) is 41.0 Å². The van der Waals surface area contributed by atoms with E-state index in [4.69, 9.17) is 0 Å². The van der Waals surface area contributed by atoms with E-state index in [1.807, 2.05) is 32.3 Å². The lowest BCUT2D eigenvalue weighted by atomic mass is 10.2. The molecule has 1 aliphatic rings. The van der Waals surface area contributed by atoms with Crippen molar-refractivity contribution in [2.75, 3.05) is 19.6 Å². The van der Waals surface area contributed by atoms with Crippen LogP contribution in [-0.2, 0) is 17.1 Å². The monoisotopic (exact) mass is 353 g/mol. The van der Waals surface area contributed by atoms with Crippen LogP contribution in [-0.4, -0.2) is 37.5 Å². The van der Waals surface area contributed by atoms with Gasteiger partial charge >= 0.3 is 0 Å². The average molecular weight is 354 g/mol. The molecule has 0 radical (unpaired) electrons. The second-order valence-electron chi connectivity index (χ2n) is 6.02. The fraction of sp³-hybridized carbons (Fsp3) is 0.500. The van der Waals surface area contributed by atoms with Crippen LogP contribution in [0.15, 0.2) is 34.7 Å². The number of hydrogen-bond donors (Lipinski definition) is 1. The molecule has 1 atom stereocenters. The second-order valence-corrected chi connectivity index (χ2v) is 9.30. The molecule has 1 fully saturated rings. The Labute approximate surface area is 142 Å². The summed E-state index contributed by atoms with van der Waals surface area (Å²) in [5.41, 5.74) is 1.15. The zero-order chi connectivity index (χ0) is 16.4. The molecular weight excluding hydrogens is 330 g/mol. The molecule has 2 aromatic rings. The van der Waals surface area contributed by atoms with E-state index in [0.717, 1.165) is 23.7 Å². The molecule has 0 amide bonds. The fourth-order valence-corrected chi connectivity index (χ4v) is 5.48. The van der Waals surface area contributed by atoms with Gasteiger partial charge in [0.2, 0.25) is 10.0 Å².